The van der Waals surface area contributed by atoms with Gasteiger partial charge in [0.05, 0.1) is 5.69 Å². The van der Waals surface area contributed by atoms with Gasteiger partial charge in [0.1, 0.15) is 0 Å². The van der Waals surface area contributed by atoms with Crippen molar-refractivity contribution in [1.82, 2.24) is 4.98 Å². The molecule has 0 fully saturated rings. The maximum absolute atomic E-state index is 4.59. The van der Waals surface area contributed by atoms with Crippen LogP contribution in [0.3, 0.4) is 0 Å². The highest BCUT2D eigenvalue weighted by atomic mass is 79.9. The molecule has 0 bridgehead atoms. The lowest BCUT2D eigenvalue weighted by Gasteiger charge is -2.29. The van der Waals surface area contributed by atoms with Gasteiger partial charge in [0, 0.05) is 11.6 Å². The Labute approximate surface area is 116 Å². The van der Waals surface area contributed by atoms with Crippen LogP contribution >= 0.6 is 15.9 Å². The van der Waals surface area contributed by atoms with Crippen molar-refractivity contribution in [3.8, 4) is 0 Å². The summed E-state index contributed by atoms with van der Waals surface area (Å²) in [5, 5.41) is 0. The Balaban J connectivity index is 2.12. The third-order valence-corrected chi connectivity index (χ3v) is 4.23. The molecule has 1 unspecified atom stereocenters. The lowest BCUT2D eigenvalue weighted by atomic mass is 9.75. The average molecular weight is 300 g/mol. The molecule has 0 saturated heterocycles. The number of halogens is 1. The standard InChI is InChI=1S/C16H14BrN/c17-14-9-10-16(12-14,13-6-2-1-3-7-13)15-8-4-5-11-18-15/h1-9,11H,10,12H2. The molecule has 2 heteroatoms. The molecule has 3 rings (SSSR count). The first-order valence-corrected chi connectivity index (χ1v) is 6.92. The lowest BCUT2D eigenvalue weighted by Crippen LogP contribution is -2.25. The van der Waals surface area contributed by atoms with E-state index in [-0.39, 0.29) is 5.41 Å². The summed E-state index contributed by atoms with van der Waals surface area (Å²) < 4.78 is 1.28. The summed E-state index contributed by atoms with van der Waals surface area (Å²) in [7, 11) is 0. The van der Waals surface area contributed by atoms with Crippen molar-refractivity contribution in [2.75, 3.05) is 0 Å². The van der Waals surface area contributed by atoms with E-state index in [0.717, 1.165) is 18.5 Å². The van der Waals surface area contributed by atoms with Gasteiger partial charge in [-0.15, -0.1) is 0 Å². The van der Waals surface area contributed by atoms with Crippen molar-refractivity contribution in [2.24, 2.45) is 0 Å². The molecule has 0 N–H and O–H groups in total. The van der Waals surface area contributed by atoms with E-state index in [0.29, 0.717) is 0 Å². The van der Waals surface area contributed by atoms with Gasteiger partial charge in [-0.3, -0.25) is 4.98 Å². The highest BCUT2D eigenvalue weighted by molar-refractivity contribution is 9.11. The van der Waals surface area contributed by atoms with E-state index in [2.05, 4.69) is 69.5 Å². The highest BCUT2D eigenvalue weighted by Gasteiger charge is 2.38. The number of allylic oxidation sites excluding steroid dienone is 2. The highest BCUT2D eigenvalue weighted by Crippen LogP contribution is 2.46. The Bertz CT molecular complexity index is 521. The molecule has 0 saturated carbocycles. The van der Waals surface area contributed by atoms with Crippen molar-refractivity contribution in [3.63, 3.8) is 0 Å². The van der Waals surface area contributed by atoms with Crippen molar-refractivity contribution >= 4 is 15.9 Å². The van der Waals surface area contributed by atoms with Crippen LogP contribution in [0.15, 0.2) is 65.3 Å². The Morgan fingerprint density at radius 1 is 1.00 bits per heavy atom. The zero-order valence-electron chi connectivity index (χ0n) is 10.0. The molecule has 2 aromatic rings. The fourth-order valence-electron chi connectivity index (χ4n) is 2.68. The van der Waals surface area contributed by atoms with E-state index in [1.54, 1.807) is 0 Å². The molecule has 1 aromatic heterocycles. The summed E-state index contributed by atoms with van der Waals surface area (Å²) in [6, 6.07) is 16.8. The molecule has 1 nitrogen and oxygen atoms in total. The molecule has 1 aliphatic rings. The lowest BCUT2D eigenvalue weighted by molar-refractivity contribution is 0.537. The molecule has 1 atom stereocenters. The van der Waals surface area contributed by atoms with Gasteiger partial charge in [-0.2, -0.15) is 0 Å². The number of hydrogen-bond acceptors (Lipinski definition) is 1. The summed E-state index contributed by atoms with van der Waals surface area (Å²) in [5.41, 5.74) is 2.50. The minimum absolute atomic E-state index is 0.00134. The van der Waals surface area contributed by atoms with E-state index in [4.69, 9.17) is 0 Å². The van der Waals surface area contributed by atoms with Gasteiger partial charge < -0.3 is 0 Å². The van der Waals surface area contributed by atoms with Crippen LogP contribution in [-0.4, -0.2) is 4.98 Å². The molecule has 0 amide bonds. The Hall–Kier alpha value is -1.41. The Morgan fingerprint density at radius 2 is 1.78 bits per heavy atom. The summed E-state index contributed by atoms with van der Waals surface area (Å²) in [4.78, 5) is 4.59. The van der Waals surface area contributed by atoms with Crippen molar-refractivity contribution in [3.05, 3.63) is 76.5 Å². The van der Waals surface area contributed by atoms with Crippen LogP contribution in [0.4, 0.5) is 0 Å². The van der Waals surface area contributed by atoms with Gasteiger partial charge in [0.2, 0.25) is 0 Å². The van der Waals surface area contributed by atoms with Gasteiger partial charge in [0.25, 0.3) is 0 Å². The summed E-state index contributed by atoms with van der Waals surface area (Å²) in [5.74, 6) is 0. The van der Waals surface area contributed by atoms with Crippen LogP contribution < -0.4 is 0 Å². The molecular formula is C16H14BrN. The fourth-order valence-corrected chi connectivity index (χ4v) is 3.32. The number of nitrogens with zero attached hydrogens (tertiary/aromatic N) is 1. The van der Waals surface area contributed by atoms with Crippen molar-refractivity contribution < 1.29 is 0 Å². The molecule has 1 aliphatic carbocycles. The van der Waals surface area contributed by atoms with E-state index in [1.807, 2.05) is 12.3 Å². The molecule has 0 radical (unpaired) electrons. The van der Waals surface area contributed by atoms with Gasteiger partial charge in [-0.25, -0.2) is 0 Å². The summed E-state index contributed by atoms with van der Waals surface area (Å²) in [6.07, 6.45) is 6.15. The second-order valence-electron chi connectivity index (χ2n) is 4.69. The molecule has 90 valence electrons. The van der Waals surface area contributed by atoms with E-state index in [1.165, 1.54) is 10.0 Å². The number of rotatable bonds is 2. The van der Waals surface area contributed by atoms with E-state index < -0.39 is 0 Å². The molecule has 1 heterocycles. The van der Waals surface area contributed by atoms with Crippen LogP contribution in [0.2, 0.25) is 0 Å². The first-order chi connectivity index (χ1) is 8.81. The quantitative estimate of drug-likeness (QED) is 0.799. The third kappa shape index (κ3) is 1.91. The van der Waals surface area contributed by atoms with Gasteiger partial charge >= 0.3 is 0 Å². The zero-order chi connectivity index (χ0) is 12.4. The van der Waals surface area contributed by atoms with E-state index in [9.17, 15) is 0 Å². The molecular weight excluding hydrogens is 286 g/mol. The van der Waals surface area contributed by atoms with Crippen molar-refractivity contribution in [2.45, 2.75) is 18.3 Å². The minimum atomic E-state index is 0.00134. The number of pyridine rings is 1. The first-order valence-electron chi connectivity index (χ1n) is 6.13. The number of benzene rings is 1. The Kier molecular flexibility index (Phi) is 3.04. The zero-order valence-corrected chi connectivity index (χ0v) is 11.6. The summed E-state index contributed by atoms with van der Waals surface area (Å²) >= 11 is 3.64. The van der Waals surface area contributed by atoms with Crippen LogP contribution in [0.5, 0.6) is 0 Å². The molecule has 0 spiro atoms. The van der Waals surface area contributed by atoms with Crippen LogP contribution in [0.25, 0.3) is 0 Å². The number of hydrogen-bond donors (Lipinski definition) is 0. The molecule has 1 aromatic carbocycles. The fraction of sp³-hybridized carbons (Fsp3) is 0.188. The predicted octanol–water partition coefficient (Wildman–Crippen LogP) is 4.44. The predicted molar refractivity (Wildman–Crippen MR) is 77.7 cm³/mol. The number of aromatic nitrogens is 1. The van der Waals surface area contributed by atoms with Crippen molar-refractivity contribution in [1.29, 1.82) is 0 Å². The SMILES string of the molecule is BrC1=CCC(c2ccccc2)(c2ccccn2)C1. The normalized spacial score (nSPS) is 22.8. The van der Waals surface area contributed by atoms with Crippen LogP contribution in [-0.2, 0) is 5.41 Å². The average Bonchev–Trinajstić information content (AvgIpc) is 2.84. The third-order valence-electron chi connectivity index (χ3n) is 3.62. The minimum Gasteiger partial charge on any atom is -0.260 e. The van der Waals surface area contributed by atoms with Gasteiger partial charge in [-0.05, 0) is 35.0 Å². The molecule has 18 heavy (non-hydrogen) atoms. The largest absolute Gasteiger partial charge is 0.260 e. The maximum Gasteiger partial charge on any atom is 0.0515 e. The second-order valence-corrected chi connectivity index (χ2v) is 5.71. The van der Waals surface area contributed by atoms with Gasteiger partial charge in [0.15, 0.2) is 0 Å². The topological polar surface area (TPSA) is 12.9 Å². The summed E-state index contributed by atoms with van der Waals surface area (Å²) in [6.45, 7) is 0. The smallest absolute Gasteiger partial charge is 0.0515 e. The monoisotopic (exact) mass is 299 g/mol. The van der Waals surface area contributed by atoms with Crippen LogP contribution in [0.1, 0.15) is 24.1 Å². The van der Waals surface area contributed by atoms with Gasteiger partial charge in [-0.1, -0.05) is 58.4 Å². The Morgan fingerprint density at radius 3 is 2.39 bits per heavy atom. The van der Waals surface area contributed by atoms with E-state index >= 15 is 0 Å². The first kappa shape index (κ1) is 11.7. The van der Waals surface area contributed by atoms with Crippen LogP contribution in [0, 0.1) is 0 Å². The second kappa shape index (κ2) is 4.69. The maximum atomic E-state index is 4.59. The molecule has 0 aliphatic heterocycles.